The number of ether oxygens (including phenoxy) is 1. The molecule has 0 radical (unpaired) electrons. The van der Waals surface area contributed by atoms with Gasteiger partial charge in [-0.25, -0.2) is 9.59 Å². The normalized spacial score (nSPS) is 13.2. The first-order chi connectivity index (χ1) is 12.3. The van der Waals surface area contributed by atoms with E-state index >= 15 is 0 Å². The van der Waals surface area contributed by atoms with Crippen molar-refractivity contribution in [2.45, 2.75) is 32.4 Å². The number of hydrogen-bond donors (Lipinski definition) is 2. The number of aryl methyl sites for hydroxylation is 1. The van der Waals surface area contributed by atoms with Gasteiger partial charge in [0.1, 0.15) is 17.4 Å². The van der Waals surface area contributed by atoms with Gasteiger partial charge < -0.3 is 19.6 Å². The Morgan fingerprint density at radius 2 is 2.08 bits per heavy atom. The molecule has 1 amide bonds. The molecule has 1 unspecified atom stereocenters. The molecule has 7 nitrogen and oxygen atoms in total. The van der Waals surface area contributed by atoms with Crippen LogP contribution in [0.3, 0.4) is 0 Å². The Balaban J connectivity index is 2.09. The number of amides is 1. The first-order valence-corrected chi connectivity index (χ1v) is 9.44. The third-order valence-electron chi connectivity index (χ3n) is 3.83. The van der Waals surface area contributed by atoms with Gasteiger partial charge >= 0.3 is 11.6 Å². The van der Waals surface area contributed by atoms with E-state index in [1.54, 1.807) is 19.1 Å². The number of carbonyl (C=O) groups excluding carboxylic acids is 1. The molecule has 26 heavy (non-hydrogen) atoms. The lowest BCUT2D eigenvalue weighted by atomic mass is 10.1. The van der Waals surface area contributed by atoms with E-state index in [2.05, 4.69) is 5.32 Å². The second kappa shape index (κ2) is 8.75. The zero-order chi connectivity index (χ0) is 19.3. The van der Waals surface area contributed by atoms with Crippen LogP contribution in [-0.2, 0) is 9.59 Å². The molecule has 1 heterocycles. The molecule has 1 aromatic heterocycles. The number of aliphatic carboxylic acids is 1. The highest BCUT2D eigenvalue weighted by molar-refractivity contribution is 7.98. The summed E-state index contributed by atoms with van der Waals surface area (Å²) in [6.45, 7) is 3.33. The third kappa shape index (κ3) is 5.01. The van der Waals surface area contributed by atoms with Gasteiger partial charge in [-0.05, 0) is 50.0 Å². The maximum absolute atomic E-state index is 12.2. The molecule has 0 spiro atoms. The molecule has 0 aliphatic rings. The second-order valence-electron chi connectivity index (χ2n) is 5.85. The maximum atomic E-state index is 12.2. The standard InChI is InChI=1S/C18H21NO6S/c1-10-8-16(20)25-15-9-12(4-5-13(10)15)24-11(2)17(21)19-14(18(22)23)6-7-26-3/h4-5,8-9,11,14H,6-7H2,1-3H3,(H,19,21)(H,22,23)/t11?,14-/m1/s1. The van der Waals surface area contributed by atoms with Crippen molar-refractivity contribution in [3.63, 3.8) is 0 Å². The fourth-order valence-electron chi connectivity index (χ4n) is 2.42. The van der Waals surface area contributed by atoms with E-state index < -0.39 is 29.6 Å². The van der Waals surface area contributed by atoms with Crippen LogP contribution < -0.4 is 15.7 Å². The molecule has 0 aliphatic heterocycles. The number of carboxylic acids is 1. The average molecular weight is 379 g/mol. The predicted octanol–water partition coefficient (Wildman–Crippen LogP) is 2.19. The highest BCUT2D eigenvalue weighted by Crippen LogP contribution is 2.23. The first kappa shape index (κ1) is 19.8. The molecular formula is C18H21NO6S. The molecule has 2 rings (SSSR count). The zero-order valence-electron chi connectivity index (χ0n) is 14.8. The van der Waals surface area contributed by atoms with E-state index in [1.165, 1.54) is 30.8 Å². The van der Waals surface area contributed by atoms with Gasteiger partial charge in [0.25, 0.3) is 5.91 Å². The quantitative estimate of drug-likeness (QED) is 0.677. The van der Waals surface area contributed by atoms with Gasteiger partial charge in [-0.3, -0.25) is 4.79 Å². The molecular weight excluding hydrogens is 358 g/mol. The number of benzene rings is 1. The summed E-state index contributed by atoms with van der Waals surface area (Å²) < 4.78 is 10.7. The van der Waals surface area contributed by atoms with E-state index in [1.807, 2.05) is 6.26 Å². The Bertz CT molecular complexity index is 862. The maximum Gasteiger partial charge on any atom is 0.336 e. The molecule has 2 N–H and O–H groups in total. The summed E-state index contributed by atoms with van der Waals surface area (Å²) in [5, 5.41) is 12.4. The van der Waals surface area contributed by atoms with E-state index in [9.17, 15) is 19.5 Å². The van der Waals surface area contributed by atoms with Gasteiger partial charge in [0.05, 0.1) is 0 Å². The highest BCUT2D eigenvalue weighted by Gasteiger charge is 2.23. The van der Waals surface area contributed by atoms with Gasteiger partial charge in [-0.15, -0.1) is 0 Å². The van der Waals surface area contributed by atoms with Crippen LogP contribution in [0.15, 0.2) is 33.5 Å². The molecule has 0 fully saturated rings. The summed E-state index contributed by atoms with van der Waals surface area (Å²) >= 11 is 1.51. The van der Waals surface area contributed by atoms with Crippen molar-refractivity contribution < 1.29 is 23.8 Å². The molecule has 0 saturated heterocycles. The smallest absolute Gasteiger partial charge is 0.336 e. The topological polar surface area (TPSA) is 106 Å². The summed E-state index contributed by atoms with van der Waals surface area (Å²) in [6, 6.07) is 5.39. The highest BCUT2D eigenvalue weighted by atomic mass is 32.2. The minimum atomic E-state index is -1.08. The van der Waals surface area contributed by atoms with E-state index in [4.69, 9.17) is 9.15 Å². The average Bonchev–Trinajstić information content (AvgIpc) is 2.57. The van der Waals surface area contributed by atoms with Crippen molar-refractivity contribution in [1.82, 2.24) is 5.32 Å². The molecule has 8 heteroatoms. The van der Waals surface area contributed by atoms with Crippen molar-refractivity contribution >= 4 is 34.6 Å². The molecule has 0 bridgehead atoms. The number of fused-ring (bicyclic) bond motifs is 1. The van der Waals surface area contributed by atoms with Gasteiger partial charge in [0, 0.05) is 17.5 Å². The summed E-state index contributed by atoms with van der Waals surface area (Å²) in [6.07, 6.45) is 1.29. The van der Waals surface area contributed by atoms with E-state index in [-0.39, 0.29) is 0 Å². The van der Waals surface area contributed by atoms with Crippen LogP contribution in [-0.4, -0.2) is 41.1 Å². The summed E-state index contributed by atoms with van der Waals surface area (Å²) in [4.78, 5) is 34.9. The predicted molar refractivity (Wildman–Crippen MR) is 99.9 cm³/mol. The van der Waals surface area contributed by atoms with Crippen LogP contribution in [0.1, 0.15) is 18.9 Å². The van der Waals surface area contributed by atoms with E-state index in [0.717, 1.165) is 10.9 Å². The van der Waals surface area contributed by atoms with Crippen LogP contribution >= 0.6 is 11.8 Å². The molecule has 140 valence electrons. The summed E-state index contributed by atoms with van der Waals surface area (Å²) in [7, 11) is 0. The minimum Gasteiger partial charge on any atom is -0.481 e. The fourth-order valence-corrected chi connectivity index (χ4v) is 2.89. The van der Waals surface area contributed by atoms with Crippen molar-refractivity contribution in [2.75, 3.05) is 12.0 Å². The van der Waals surface area contributed by atoms with Crippen molar-refractivity contribution in [3.05, 3.63) is 40.2 Å². The van der Waals surface area contributed by atoms with Crippen molar-refractivity contribution in [3.8, 4) is 5.75 Å². The van der Waals surface area contributed by atoms with Gasteiger partial charge in [-0.1, -0.05) is 0 Å². The number of rotatable bonds is 8. The Hall–Kier alpha value is -2.48. The first-order valence-electron chi connectivity index (χ1n) is 8.05. The number of nitrogens with one attached hydrogen (secondary N) is 1. The molecule has 0 saturated carbocycles. The lowest BCUT2D eigenvalue weighted by molar-refractivity contribution is -0.142. The second-order valence-corrected chi connectivity index (χ2v) is 6.83. The molecule has 0 aliphatic carbocycles. The Labute approximate surface area is 154 Å². The Kier molecular flexibility index (Phi) is 6.68. The Morgan fingerprint density at radius 3 is 2.73 bits per heavy atom. The number of hydrogen-bond acceptors (Lipinski definition) is 6. The summed E-state index contributed by atoms with van der Waals surface area (Å²) in [5.74, 6) is -0.632. The van der Waals surface area contributed by atoms with Crippen LogP contribution in [0.5, 0.6) is 5.75 Å². The molecule has 2 atom stereocenters. The number of thioether (sulfide) groups is 1. The largest absolute Gasteiger partial charge is 0.481 e. The SMILES string of the molecule is CSCC[C@@H](NC(=O)C(C)Oc1ccc2c(C)cc(=O)oc2c1)C(=O)O. The van der Waals surface area contributed by atoms with Crippen LogP contribution in [0.2, 0.25) is 0 Å². The van der Waals surface area contributed by atoms with Crippen molar-refractivity contribution in [1.29, 1.82) is 0 Å². The minimum absolute atomic E-state index is 0.329. The molecule has 1 aromatic carbocycles. The summed E-state index contributed by atoms with van der Waals surface area (Å²) in [5.41, 5.74) is 0.686. The van der Waals surface area contributed by atoms with Gasteiger partial charge in [0.15, 0.2) is 6.10 Å². The van der Waals surface area contributed by atoms with Crippen LogP contribution in [0.25, 0.3) is 11.0 Å². The van der Waals surface area contributed by atoms with Crippen LogP contribution in [0, 0.1) is 6.92 Å². The van der Waals surface area contributed by atoms with Gasteiger partial charge in [-0.2, -0.15) is 11.8 Å². The number of carboxylic acid groups (broad SMARTS) is 1. The van der Waals surface area contributed by atoms with Crippen molar-refractivity contribution in [2.24, 2.45) is 0 Å². The lowest BCUT2D eigenvalue weighted by Crippen LogP contribution is -2.46. The zero-order valence-corrected chi connectivity index (χ0v) is 15.6. The Morgan fingerprint density at radius 1 is 1.35 bits per heavy atom. The lowest BCUT2D eigenvalue weighted by Gasteiger charge is -2.18. The monoisotopic (exact) mass is 379 g/mol. The number of carbonyl (C=O) groups is 2. The van der Waals surface area contributed by atoms with Gasteiger partial charge in [0.2, 0.25) is 0 Å². The van der Waals surface area contributed by atoms with Crippen LogP contribution in [0.4, 0.5) is 0 Å². The fraction of sp³-hybridized carbons (Fsp3) is 0.389. The third-order valence-corrected chi connectivity index (χ3v) is 4.47. The molecule has 2 aromatic rings. The van der Waals surface area contributed by atoms with E-state index in [0.29, 0.717) is 23.5 Å².